The Hall–Kier alpha value is -3.08. The van der Waals surface area contributed by atoms with Crippen LogP contribution in [0.4, 0.5) is 5.69 Å². The van der Waals surface area contributed by atoms with E-state index in [0.29, 0.717) is 6.79 Å². The summed E-state index contributed by atoms with van der Waals surface area (Å²) in [6.07, 6.45) is 0. The van der Waals surface area contributed by atoms with Crippen molar-refractivity contribution in [3.8, 4) is 34.1 Å². The largest absolute Gasteiger partial charge is 0.454 e. The molecule has 0 aliphatic carbocycles. The van der Waals surface area contributed by atoms with E-state index in [0.717, 1.165) is 34.9 Å². The molecule has 3 aliphatic rings. The number of ether oxygens (including phenoxy) is 4. The van der Waals surface area contributed by atoms with Gasteiger partial charge in [-0.25, -0.2) is 0 Å². The van der Waals surface area contributed by atoms with Gasteiger partial charge in [0, 0.05) is 24.5 Å². The summed E-state index contributed by atoms with van der Waals surface area (Å²) in [5.74, 6) is 3.28. The lowest BCUT2D eigenvalue weighted by molar-refractivity contribution is 0.173. The summed E-state index contributed by atoms with van der Waals surface area (Å²) >= 11 is 0. The highest BCUT2D eigenvalue weighted by Crippen LogP contribution is 2.49. The van der Waals surface area contributed by atoms with Crippen molar-refractivity contribution in [3.63, 3.8) is 0 Å². The molecule has 0 atom stereocenters. The van der Waals surface area contributed by atoms with Crippen molar-refractivity contribution in [1.82, 2.24) is 0 Å². The first-order chi connectivity index (χ1) is 12.3. The van der Waals surface area contributed by atoms with Crippen LogP contribution in [0.3, 0.4) is 0 Å². The van der Waals surface area contributed by atoms with Gasteiger partial charge in [0.25, 0.3) is 0 Å². The SMILES string of the molecule is CN1Cc2cc3c(cc2-c2ccc4cc5c(cc4c21)OCO5)OCO3. The molecule has 3 aromatic carbocycles. The summed E-state index contributed by atoms with van der Waals surface area (Å²) < 4.78 is 22.2. The first-order valence-electron chi connectivity index (χ1n) is 8.28. The van der Waals surface area contributed by atoms with Crippen LogP contribution in [0.1, 0.15) is 5.56 Å². The topological polar surface area (TPSA) is 40.2 Å². The maximum atomic E-state index is 5.59. The summed E-state index contributed by atoms with van der Waals surface area (Å²) in [7, 11) is 2.12. The van der Waals surface area contributed by atoms with Crippen molar-refractivity contribution in [2.24, 2.45) is 0 Å². The standard InChI is InChI=1S/C20H15NO4/c1-21-8-12-5-17-18(24-10-23-17)6-14(12)13-3-2-11-4-16-19(25-9-22-16)7-15(11)20(13)21/h2-7H,8-10H2,1H3. The van der Waals surface area contributed by atoms with E-state index in [4.69, 9.17) is 18.9 Å². The molecule has 0 spiro atoms. The highest BCUT2D eigenvalue weighted by atomic mass is 16.7. The third-order valence-corrected chi connectivity index (χ3v) is 5.16. The fourth-order valence-corrected chi connectivity index (χ4v) is 4.03. The minimum atomic E-state index is 0.288. The molecule has 25 heavy (non-hydrogen) atoms. The Morgan fingerprint density at radius 1 is 0.760 bits per heavy atom. The molecule has 6 rings (SSSR count). The molecule has 0 unspecified atom stereocenters. The van der Waals surface area contributed by atoms with Gasteiger partial charge in [0.2, 0.25) is 13.6 Å². The highest BCUT2D eigenvalue weighted by molar-refractivity contribution is 6.05. The highest BCUT2D eigenvalue weighted by Gasteiger charge is 2.27. The van der Waals surface area contributed by atoms with Crippen molar-refractivity contribution in [1.29, 1.82) is 0 Å². The van der Waals surface area contributed by atoms with Crippen LogP contribution in [0.5, 0.6) is 23.0 Å². The van der Waals surface area contributed by atoms with Crippen LogP contribution in [0.15, 0.2) is 36.4 Å². The van der Waals surface area contributed by atoms with Crippen molar-refractivity contribution in [2.75, 3.05) is 25.5 Å². The minimum absolute atomic E-state index is 0.288. The Kier molecular flexibility index (Phi) is 2.39. The molecule has 0 aromatic heterocycles. The van der Waals surface area contributed by atoms with Gasteiger partial charge in [-0.05, 0) is 40.8 Å². The van der Waals surface area contributed by atoms with Crippen LogP contribution in [-0.4, -0.2) is 20.6 Å². The van der Waals surface area contributed by atoms with Crippen molar-refractivity contribution < 1.29 is 18.9 Å². The van der Waals surface area contributed by atoms with E-state index in [2.05, 4.69) is 48.3 Å². The number of rotatable bonds is 0. The Morgan fingerprint density at radius 2 is 1.44 bits per heavy atom. The predicted molar refractivity (Wildman–Crippen MR) is 93.7 cm³/mol. The summed E-state index contributed by atoms with van der Waals surface area (Å²) in [4.78, 5) is 2.28. The van der Waals surface area contributed by atoms with Crippen LogP contribution in [0, 0.1) is 0 Å². The van der Waals surface area contributed by atoms with Gasteiger partial charge >= 0.3 is 0 Å². The average molecular weight is 333 g/mol. The first kappa shape index (κ1) is 13.2. The summed E-state index contributed by atoms with van der Waals surface area (Å²) in [6, 6.07) is 12.7. The van der Waals surface area contributed by atoms with Crippen molar-refractivity contribution in [2.45, 2.75) is 6.54 Å². The molecule has 0 N–H and O–H groups in total. The van der Waals surface area contributed by atoms with Crippen molar-refractivity contribution in [3.05, 3.63) is 42.0 Å². The van der Waals surface area contributed by atoms with E-state index >= 15 is 0 Å². The van der Waals surface area contributed by atoms with E-state index in [1.807, 2.05) is 0 Å². The number of hydrogen-bond acceptors (Lipinski definition) is 5. The van der Waals surface area contributed by atoms with Gasteiger partial charge in [-0.3, -0.25) is 0 Å². The van der Waals surface area contributed by atoms with Gasteiger partial charge in [0.05, 0.1) is 5.69 Å². The Balaban J connectivity index is 1.65. The van der Waals surface area contributed by atoms with Gasteiger partial charge in [0.1, 0.15) is 0 Å². The van der Waals surface area contributed by atoms with Crippen LogP contribution >= 0.6 is 0 Å². The van der Waals surface area contributed by atoms with E-state index < -0.39 is 0 Å². The summed E-state index contributed by atoms with van der Waals surface area (Å²) in [6.45, 7) is 1.41. The predicted octanol–water partition coefficient (Wildman–Crippen LogP) is 3.91. The zero-order valence-electron chi connectivity index (χ0n) is 13.7. The van der Waals surface area contributed by atoms with E-state index in [1.54, 1.807) is 0 Å². The van der Waals surface area contributed by atoms with E-state index in [9.17, 15) is 0 Å². The van der Waals surface area contributed by atoms with Gasteiger partial charge in [0.15, 0.2) is 23.0 Å². The lowest BCUT2D eigenvalue weighted by atomic mass is 9.90. The average Bonchev–Trinajstić information content (AvgIpc) is 3.25. The van der Waals surface area contributed by atoms with E-state index in [1.165, 1.54) is 27.8 Å². The second-order valence-electron chi connectivity index (χ2n) is 6.61. The number of benzene rings is 3. The lowest BCUT2D eigenvalue weighted by Crippen LogP contribution is -2.21. The molecule has 3 aromatic rings. The van der Waals surface area contributed by atoms with Crippen LogP contribution < -0.4 is 23.8 Å². The number of fused-ring (bicyclic) bond motifs is 7. The Labute approximate surface area is 144 Å². The fourth-order valence-electron chi connectivity index (χ4n) is 4.03. The molecule has 3 aliphatic heterocycles. The number of hydrogen-bond donors (Lipinski definition) is 0. The molecule has 0 bridgehead atoms. The molecule has 0 saturated carbocycles. The van der Waals surface area contributed by atoms with Gasteiger partial charge in [-0.2, -0.15) is 0 Å². The molecular formula is C20H15NO4. The smallest absolute Gasteiger partial charge is 0.231 e. The van der Waals surface area contributed by atoms with Gasteiger partial charge in [-0.1, -0.05) is 12.1 Å². The quantitative estimate of drug-likeness (QED) is 0.624. The van der Waals surface area contributed by atoms with Crippen molar-refractivity contribution >= 4 is 16.5 Å². The number of anilines is 1. The zero-order valence-corrected chi connectivity index (χ0v) is 13.7. The monoisotopic (exact) mass is 333 g/mol. The fraction of sp³-hybridized carbons (Fsp3) is 0.200. The Bertz CT molecular complexity index is 1060. The number of nitrogens with zero attached hydrogens (tertiary/aromatic N) is 1. The summed E-state index contributed by atoms with van der Waals surface area (Å²) in [5.41, 5.74) is 4.87. The van der Waals surface area contributed by atoms with Gasteiger partial charge in [-0.15, -0.1) is 0 Å². The maximum absolute atomic E-state index is 5.59. The Morgan fingerprint density at radius 3 is 2.24 bits per heavy atom. The second kappa shape index (κ2) is 4.51. The summed E-state index contributed by atoms with van der Waals surface area (Å²) in [5, 5.41) is 2.33. The molecule has 0 radical (unpaired) electrons. The van der Waals surface area contributed by atoms with Gasteiger partial charge < -0.3 is 23.8 Å². The van der Waals surface area contributed by atoms with Crippen LogP contribution in [0.2, 0.25) is 0 Å². The molecule has 0 fully saturated rings. The maximum Gasteiger partial charge on any atom is 0.231 e. The molecule has 0 amide bonds. The molecule has 0 saturated heterocycles. The minimum Gasteiger partial charge on any atom is -0.454 e. The molecule has 124 valence electrons. The van der Waals surface area contributed by atoms with Crippen LogP contribution in [-0.2, 0) is 6.54 Å². The molecule has 5 nitrogen and oxygen atoms in total. The van der Waals surface area contributed by atoms with E-state index in [-0.39, 0.29) is 6.79 Å². The normalized spacial score (nSPS) is 16.1. The molecule has 3 heterocycles. The zero-order chi connectivity index (χ0) is 16.5. The third kappa shape index (κ3) is 1.72. The molecular weight excluding hydrogens is 318 g/mol. The first-order valence-corrected chi connectivity index (χ1v) is 8.28. The third-order valence-electron chi connectivity index (χ3n) is 5.16. The lowest BCUT2D eigenvalue weighted by Gasteiger charge is -2.31. The van der Waals surface area contributed by atoms with Crippen LogP contribution in [0.25, 0.3) is 21.9 Å². The second-order valence-corrected chi connectivity index (χ2v) is 6.61. The molecule has 5 heteroatoms.